The molecule has 0 bridgehead atoms. The highest BCUT2D eigenvalue weighted by Gasteiger charge is 2.27. The van der Waals surface area contributed by atoms with E-state index >= 15 is 0 Å². The Bertz CT molecular complexity index is 1130. The minimum atomic E-state index is -3.60. The van der Waals surface area contributed by atoms with E-state index in [9.17, 15) is 22.4 Å². The van der Waals surface area contributed by atoms with E-state index in [0.29, 0.717) is 30.2 Å². The number of carbonyl (C=O) groups is 2. The average Bonchev–Trinajstić information content (AvgIpc) is 2.86. The van der Waals surface area contributed by atoms with Gasteiger partial charge in [-0.3, -0.25) is 13.9 Å². The summed E-state index contributed by atoms with van der Waals surface area (Å²) in [5.74, 6) is -0.505. The van der Waals surface area contributed by atoms with Gasteiger partial charge in [-0.1, -0.05) is 31.5 Å². The summed E-state index contributed by atoms with van der Waals surface area (Å²) in [5, 5.41) is 2.82. The zero-order valence-electron chi connectivity index (χ0n) is 22.1. The van der Waals surface area contributed by atoms with Crippen molar-refractivity contribution in [1.82, 2.24) is 10.2 Å². The van der Waals surface area contributed by atoms with Gasteiger partial charge < -0.3 is 15.0 Å². The summed E-state index contributed by atoms with van der Waals surface area (Å²) < 4.78 is 45.9. The van der Waals surface area contributed by atoms with Gasteiger partial charge in [0.2, 0.25) is 21.8 Å². The molecule has 0 saturated carbocycles. The predicted octanol–water partition coefficient (Wildman–Crippen LogP) is 4.10. The summed E-state index contributed by atoms with van der Waals surface area (Å²) in [6, 6.07) is 12.0. The number of nitrogens with zero attached hydrogens (tertiary/aromatic N) is 2. The Morgan fingerprint density at radius 3 is 2.32 bits per heavy atom. The van der Waals surface area contributed by atoms with Crippen molar-refractivity contribution in [3.63, 3.8) is 0 Å². The number of unbranched alkanes of at least 4 members (excludes halogenated alkanes) is 1. The first-order chi connectivity index (χ1) is 17.6. The lowest BCUT2D eigenvalue weighted by Crippen LogP contribution is -2.48. The fraction of sp³-hybridized carbons (Fsp3) is 0.481. The number of anilines is 1. The van der Waals surface area contributed by atoms with Crippen LogP contribution in [0, 0.1) is 5.82 Å². The molecule has 2 rings (SSSR count). The summed E-state index contributed by atoms with van der Waals surface area (Å²) in [7, 11) is -3.60. The van der Waals surface area contributed by atoms with Crippen molar-refractivity contribution in [1.29, 1.82) is 0 Å². The molecule has 0 aliphatic heterocycles. The van der Waals surface area contributed by atoms with Gasteiger partial charge in [0.05, 0.1) is 18.6 Å². The number of hydrogen-bond donors (Lipinski definition) is 1. The molecule has 1 atom stereocenters. The van der Waals surface area contributed by atoms with Gasteiger partial charge >= 0.3 is 0 Å². The lowest BCUT2D eigenvalue weighted by Gasteiger charge is -2.29. The summed E-state index contributed by atoms with van der Waals surface area (Å²) in [6.07, 6.45) is 3.05. The van der Waals surface area contributed by atoms with E-state index in [1.54, 1.807) is 49.4 Å². The molecule has 0 saturated heterocycles. The van der Waals surface area contributed by atoms with Gasteiger partial charge in [-0.05, 0) is 57.0 Å². The summed E-state index contributed by atoms with van der Waals surface area (Å²) >= 11 is 0. The van der Waals surface area contributed by atoms with Crippen LogP contribution in [0.1, 0.15) is 52.0 Å². The number of halogens is 1. The second-order valence-corrected chi connectivity index (χ2v) is 10.7. The van der Waals surface area contributed by atoms with Crippen molar-refractivity contribution in [3.8, 4) is 5.75 Å². The van der Waals surface area contributed by atoms with E-state index in [4.69, 9.17) is 4.74 Å². The largest absolute Gasteiger partial charge is 0.494 e. The Hall–Kier alpha value is -3.14. The van der Waals surface area contributed by atoms with Gasteiger partial charge in [-0.2, -0.15) is 0 Å². The van der Waals surface area contributed by atoms with Crippen LogP contribution in [0.5, 0.6) is 5.75 Å². The van der Waals surface area contributed by atoms with E-state index < -0.39 is 21.9 Å². The zero-order valence-corrected chi connectivity index (χ0v) is 22.9. The first-order valence-corrected chi connectivity index (χ1v) is 14.4. The first kappa shape index (κ1) is 30.1. The van der Waals surface area contributed by atoms with E-state index in [1.165, 1.54) is 15.3 Å². The first-order valence-electron chi connectivity index (χ1n) is 12.6. The molecule has 37 heavy (non-hydrogen) atoms. The van der Waals surface area contributed by atoms with Crippen LogP contribution >= 0.6 is 0 Å². The van der Waals surface area contributed by atoms with Crippen molar-refractivity contribution < 1.29 is 27.1 Å². The second kappa shape index (κ2) is 14.6. The highest BCUT2D eigenvalue weighted by Crippen LogP contribution is 2.23. The van der Waals surface area contributed by atoms with Gasteiger partial charge in [0.15, 0.2) is 0 Å². The molecule has 0 aromatic heterocycles. The maximum absolute atomic E-state index is 14.4. The number of rotatable bonds is 15. The van der Waals surface area contributed by atoms with Gasteiger partial charge in [-0.15, -0.1) is 0 Å². The van der Waals surface area contributed by atoms with Crippen molar-refractivity contribution in [2.24, 2.45) is 0 Å². The van der Waals surface area contributed by atoms with Crippen molar-refractivity contribution >= 4 is 27.5 Å². The standard InChI is InChI=1S/C27H38FN3O5S/c1-5-7-18-29-27(33)21(3)30(20-22-11-8-9-12-25(22)28)26(32)13-10-19-31(37(4,34)35)23-14-16-24(17-15-23)36-6-2/h8-9,11-12,14-17,21H,5-7,10,13,18-20H2,1-4H3,(H,29,33). The molecule has 0 aliphatic rings. The molecule has 204 valence electrons. The Kier molecular flexibility index (Phi) is 11.8. The Balaban J connectivity index is 2.14. The van der Waals surface area contributed by atoms with Gasteiger partial charge in [0, 0.05) is 31.6 Å². The Morgan fingerprint density at radius 2 is 1.73 bits per heavy atom. The number of carbonyl (C=O) groups excluding carboxylic acids is 2. The number of hydrogen-bond acceptors (Lipinski definition) is 5. The minimum Gasteiger partial charge on any atom is -0.494 e. The summed E-state index contributed by atoms with van der Waals surface area (Å²) in [5.41, 5.74) is 0.765. The lowest BCUT2D eigenvalue weighted by atomic mass is 10.1. The molecule has 2 amide bonds. The van der Waals surface area contributed by atoms with E-state index in [0.717, 1.165) is 19.1 Å². The number of amides is 2. The van der Waals surface area contributed by atoms with Crippen LogP contribution in [0.25, 0.3) is 0 Å². The highest BCUT2D eigenvalue weighted by atomic mass is 32.2. The molecule has 8 nitrogen and oxygen atoms in total. The molecule has 0 heterocycles. The third-order valence-corrected chi connectivity index (χ3v) is 7.08. The minimum absolute atomic E-state index is 0.00984. The Morgan fingerprint density at radius 1 is 1.05 bits per heavy atom. The van der Waals surface area contributed by atoms with Crippen LogP contribution in [-0.4, -0.2) is 57.1 Å². The summed E-state index contributed by atoms with van der Waals surface area (Å²) in [4.78, 5) is 27.3. The highest BCUT2D eigenvalue weighted by molar-refractivity contribution is 7.92. The molecule has 0 spiro atoms. The smallest absolute Gasteiger partial charge is 0.242 e. The van der Waals surface area contributed by atoms with Crippen molar-refractivity contribution in [2.45, 2.75) is 59.0 Å². The topological polar surface area (TPSA) is 96.0 Å². The van der Waals surface area contributed by atoms with Crippen LogP contribution in [-0.2, 0) is 26.2 Å². The molecule has 2 aromatic carbocycles. The monoisotopic (exact) mass is 535 g/mol. The maximum Gasteiger partial charge on any atom is 0.242 e. The zero-order chi connectivity index (χ0) is 27.4. The van der Waals surface area contributed by atoms with E-state index in [1.807, 2.05) is 13.8 Å². The number of ether oxygens (including phenoxy) is 1. The van der Waals surface area contributed by atoms with Crippen LogP contribution in [0.15, 0.2) is 48.5 Å². The van der Waals surface area contributed by atoms with Gasteiger partial charge in [-0.25, -0.2) is 12.8 Å². The van der Waals surface area contributed by atoms with Gasteiger partial charge in [0.1, 0.15) is 17.6 Å². The number of benzene rings is 2. The molecular weight excluding hydrogens is 497 g/mol. The van der Waals surface area contributed by atoms with E-state index in [2.05, 4.69) is 5.32 Å². The molecular formula is C27H38FN3O5S. The average molecular weight is 536 g/mol. The normalized spacial score (nSPS) is 12.0. The third-order valence-electron chi connectivity index (χ3n) is 5.88. The van der Waals surface area contributed by atoms with Crippen LogP contribution in [0.4, 0.5) is 10.1 Å². The quantitative estimate of drug-likeness (QED) is 0.347. The van der Waals surface area contributed by atoms with Crippen molar-refractivity contribution in [2.75, 3.05) is 30.3 Å². The number of sulfonamides is 1. The molecule has 0 fully saturated rings. The molecule has 2 aromatic rings. The SMILES string of the molecule is CCCCNC(=O)C(C)N(Cc1ccccc1F)C(=O)CCCN(c1ccc(OCC)cc1)S(C)(=O)=O. The number of nitrogens with one attached hydrogen (secondary N) is 1. The molecule has 0 aliphatic carbocycles. The lowest BCUT2D eigenvalue weighted by molar-refractivity contribution is -0.140. The molecule has 10 heteroatoms. The predicted molar refractivity (Wildman–Crippen MR) is 143 cm³/mol. The van der Waals surface area contributed by atoms with Gasteiger partial charge in [0.25, 0.3) is 0 Å². The van der Waals surface area contributed by atoms with Crippen molar-refractivity contribution in [3.05, 3.63) is 59.9 Å². The van der Waals surface area contributed by atoms with Crippen LogP contribution < -0.4 is 14.4 Å². The Labute approximate surface area is 219 Å². The fourth-order valence-electron chi connectivity index (χ4n) is 3.81. The van der Waals surface area contributed by atoms with E-state index in [-0.39, 0.29) is 37.7 Å². The molecule has 1 unspecified atom stereocenters. The van der Waals surface area contributed by atoms with Crippen LogP contribution in [0.3, 0.4) is 0 Å². The molecule has 0 radical (unpaired) electrons. The molecule has 1 N–H and O–H groups in total. The third kappa shape index (κ3) is 9.35. The summed E-state index contributed by atoms with van der Waals surface area (Å²) in [6.45, 7) is 6.48. The maximum atomic E-state index is 14.4. The van der Waals surface area contributed by atoms with Crippen LogP contribution in [0.2, 0.25) is 0 Å². The fourth-order valence-corrected chi connectivity index (χ4v) is 4.77. The second-order valence-electron chi connectivity index (χ2n) is 8.80.